The van der Waals surface area contributed by atoms with Crippen LogP contribution in [0.25, 0.3) is 10.9 Å². The van der Waals surface area contributed by atoms with E-state index in [2.05, 4.69) is 20.9 Å². The summed E-state index contributed by atoms with van der Waals surface area (Å²) in [6.07, 6.45) is 1.60. The van der Waals surface area contributed by atoms with E-state index in [0.29, 0.717) is 26.9 Å². The maximum Gasteiger partial charge on any atom is 0.207 e. The number of aromatic nitrogens is 1. The van der Waals surface area contributed by atoms with Crippen LogP contribution in [0.15, 0.2) is 27.6 Å². The van der Waals surface area contributed by atoms with E-state index < -0.39 is 0 Å². The molecule has 0 spiro atoms. The summed E-state index contributed by atoms with van der Waals surface area (Å²) in [4.78, 5) is 14.9. The van der Waals surface area contributed by atoms with Crippen molar-refractivity contribution in [1.82, 2.24) is 4.98 Å². The molecular weight excluding hydrogens is 274 g/mol. The van der Waals surface area contributed by atoms with Crippen molar-refractivity contribution >= 4 is 26.8 Å². The van der Waals surface area contributed by atoms with Crippen LogP contribution in [-0.2, 0) is 0 Å². The molecule has 1 heterocycles. The van der Waals surface area contributed by atoms with Gasteiger partial charge in [0.15, 0.2) is 0 Å². The van der Waals surface area contributed by atoms with Crippen molar-refractivity contribution in [3.63, 3.8) is 0 Å². The van der Waals surface area contributed by atoms with E-state index in [1.54, 1.807) is 25.4 Å². The number of hydrogen-bond donors (Lipinski definition) is 1. The third kappa shape index (κ3) is 1.67. The number of fused-ring (bicyclic) bond motifs is 1. The van der Waals surface area contributed by atoms with E-state index in [0.717, 1.165) is 0 Å². The normalized spacial score (nSPS) is 10.4. The molecule has 84 valence electrons. The predicted molar refractivity (Wildman–Crippen MR) is 65.4 cm³/mol. The molecule has 0 atom stereocenters. The summed E-state index contributed by atoms with van der Waals surface area (Å²) >= 11 is 3.18. The molecule has 0 fully saturated rings. The second-order valence-electron chi connectivity index (χ2n) is 3.22. The lowest BCUT2D eigenvalue weighted by molar-refractivity contribution is 0.397. The molecule has 0 amide bonds. The lowest BCUT2D eigenvalue weighted by atomic mass is 10.2. The van der Waals surface area contributed by atoms with Gasteiger partial charge in [-0.05, 0) is 15.9 Å². The fourth-order valence-corrected chi connectivity index (χ4v) is 1.86. The van der Waals surface area contributed by atoms with Crippen LogP contribution in [-0.4, -0.2) is 19.2 Å². The molecule has 0 aliphatic heterocycles. The lowest BCUT2D eigenvalue weighted by Crippen LogP contribution is -2.05. The number of nitrogens with one attached hydrogen (secondary N) is 1. The Morgan fingerprint density at radius 2 is 2.00 bits per heavy atom. The summed E-state index contributed by atoms with van der Waals surface area (Å²) < 4.78 is 10.8. The van der Waals surface area contributed by atoms with E-state index in [1.165, 1.54) is 7.11 Å². The van der Waals surface area contributed by atoms with Gasteiger partial charge in [-0.25, -0.2) is 0 Å². The summed E-state index contributed by atoms with van der Waals surface area (Å²) in [6, 6.07) is 3.44. The minimum absolute atomic E-state index is 0.103. The van der Waals surface area contributed by atoms with Gasteiger partial charge in [-0.2, -0.15) is 0 Å². The van der Waals surface area contributed by atoms with Crippen LogP contribution in [0.5, 0.6) is 11.5 Å². The monoisotopic (exact) mass is 283 g/mol. The smallest absolute Gasteiger partial charge is 0.207 e. The number of halogens is 1. The van der Waals surface area contributed by atoms with E-state index in [4.69, 9.17) is 9.47 Å². The van der Waals surface area contributed by atoms with E-state index in [9.17, 15) is 4.79 Å². The van der Waals surface area contributed by atoms with Crippen molar-refractivity contribution in [2.45, 2.75) is 0 Å². The Morgan fingerprint density at radius 1 is 1.25 bits per heavy atom. The molecule has 1 aromatic heterocycles. The summed E-state index contributed by atoms with van der Waals surface area (Å²) in [5.74, 6) is 1.14. The van der Waals surface area contributed by atoms with Gasteiger partial charge in [0.1, 0.15) is 11.5 Å². The van der Waals surface area contributed by atoms with Crippen LogP contribution in [0.1, 0.15) is 0 Å². The number of aromatic amines is 1. The molecule has 0 saturated carbocycles. The highest BCUT2D eigenvalue weighted by Gasteiger charge is 2.10. The number of methoxy groups -OCH3 is 2. The van der Waals surface area contributed by atoms with Crippen molar-refractivity contribution in [2.24, 2.45) is 0 Å². The summed E-state index contributed by atoms with van der Waals surface area (Å²) in [7, 11) is 3.09. The molecule has 4 nitrogen and oxygen atoms in total. The Bertz CT molecular complexity index is 592. The summed E-state index contributed by atoms with van der Waals surface area (Å²) in [5.41, 5.74) is 0.581. The average molecular weight is 284 g/mol. The van der Waals surface area contributed by atoms with Gasteiger partial charge in [-0.3, -0.25) is 4.79 Å². The van der Waals surface area contributed by atoms with Crippen molar-refractivity contribution in [2.75, 3.05) is 14.2 Å². The van der Waals surface area contributed by atoms with Gasteiger partial charge in [-0.15, -0.1) is 0 Å². The fourth-order valence-electron chi connectivity index (χ4n) is 1.54. The average Bonchev–Trinajstić information content (AvgIpc) is 2.32. The highest BCUT2D eigenvalue weighted by molar-refractivity contribution is 9.10. The Kier molecular flexibility index (Phi) is 2.87. The van der Waals surface area contributed by atoms with Crippen molar-refractivity contribution in [1.29, 1.82) is 0 Å². The van der Waals surface area contributed by atoms with Gasteiger partial charge in [0.25, 0.3) is 0 Å². The second kappa shape index (κ2) is 4.17. The van der Waals surface area contributed by atoms with Crippen LogP contribution in [0.3, 0.4) is 0 Å². The largest absolute Gasteiger partial charge is 0.497 e. The van der Waals surface area contributed by atoms with Crippen LogP contribution in [0, 0.1) is 0 Å². The maximum absolute atomic E-state index is 11.9. The first kappa shape index (κ1) is 11.0. The Morgan fingerprint density at radius 3 is 2.62 bits per heavy atom. The number of ether oxygens (including phenoxy) is 2. The van der Waals surface area contributed by atoms with Gasteiger partial charge >= 0.3 is 0 Å². The molecule has 2 rings (SSSR count). The zero-order valence-electron chi connectivity index (χ0n) is 8.83. The Labute approximate surface area is 100 Å². The summed E-state index contributed by atoms with van der Waals surface area (Å²) in [5, 5.41) is 0.512. The first-order valence-corrected chi connectivity index (χ1v) is 5.39. The second-order valence-corrected chi connectivity index (χ2v) is 4.07. The van der Waals surface area contributed by atoms with E-state index in [1.807, 2.05) is 0 Å². The molecule has 0 unspecified atom stereocenters. The zero-order chi connectivity index (χ0) is 11.7. The molecular formula is C11H10BrNO3. The molecule has 16 heavy (non-hydrogen) atoms. The molecule has 5 heteroatoms. The molecule has 0 bridgehead atoms. The van der Waals surface area contributed by atoms with Crippen LogP contribution >= 0.6 is 15.9 Å². The van der Waals surface area contributed by atoms with Crippen LogP contribution < -0.4 is 14.9 Å². The number of rotatable bonds is 2. The third-order valence-corrected chi connectivity index (χ3v) is 2.92. The lowest BCUT2D eigenvalue weighted by Gasteiger charge is -2.08. The van der Waals surface area contributed by atoms with Crippen molar-refractivity contribution in [3.8, 4) is 11.5 Å². The minimum atomic E-state index is -0.103. The highest BCUT2D eigenvalue weighted by Crippen LogP contribution is 2.28. The number of hydrogen-bond acceptors (Lipinski definition) is 3. The van der Waals surface area contributed by atoms with E-state index >= 15 is 0 Å². The maximum atomic E-state index is 11.9. The highest BCUT2D eigenvalue weighted by atomic mass is 79.9. The van der Waals surface area contributed by atoms with Crippen LogP contribution in [0.4, 0.5) is 0 Å². The SMILES string of the molecule is COc1cc(OC)c2c(=O)c(Br)c[nH]c2c1. The number of benzene rings is 1. The first-order chi connectivity index (χ1) is 7.67. The van der Waals surface area contributed by atoms with Gasteiger partial charge in [0.05, 0.1) is 29.6 Å². The molecule has 0 radical (unpaired) electrons. The number of H-pyrrole nitrogens is 1. The molecule has 1 N–H and O–H groups in total. The topological polar surface area (TPSA) is 51.3 Å². The minimum Gasteiger partial charge on any atom is -0.497 e. The van der Waals surface area contributed by atoms with E-state index in [-0.39, 0.29) is 5.43 Å². The molecule has 1 aromatic carbocycles. The molecule has 0 aliphatic carbocycles. The van der Waals surface area contributed by atoms with Crippen molar-refractivity contribution in [3.05, 3.63) is 33.0 Å². The first-order valence-electron chi connectivity index (χ1n) is 4.60. The van der Waals surface area contributed by atoms with Gasteiger partial charge in [0, 0.05) is 18.3 Å². The third-order valence-electron chi connectivity index (χ3n) is 2.33. The molecule has 0 aliphatic rings. The predicted octanol–water partition coefficient (Wildman–Crippen LogP) is 2.31. The van der Waals surface area contributed by atoms with Gasteiger partial charge in [-0.1, -0.05) is 0 Å². The molecule has 2 aromatic rings. The Balaban J connectivity index is 2.90. The van der Waals surface area contributed by atoms with Crippen LogP contribution in [0.2, 0.25) is 0 Å². The Hall–Kier alpha value is -1.49. The molecule has 0 saturated heterocycles. The van der Waals surface area contributed by atoms with Crippen molar-refractivity contribution < 1.29 is 9.47 Å². The number of pyridine rings is 1. The summed E-state index contributed by atoms with van der Waals surface area (Å²) in [6.45, 7) is 0. The van der Waals surface area contributed by atoms with Gasteiger partial charge < -0.3 is 14.5 Å². The standard InChI is InChI=1S/C11H10BrNO3/c1-15-6-3-8-10(9(4-6)16-2)11(14)7(12)5-13-8/h3-5H,1-2H3,(H,13,14). The quantitative estimate of drug-likeness (QED) is 0.920. The fraction of sp³-hybridized carbons (Fsp3) is 0.182. The zero-order valence-corrected chi connectivity index (χ0v) is 10.4. The van der Waals surface area contributed by atoms with Gasteiger partial charge in [0.2, 0.25) is 5.43 Å².